The van der Waals surface area contributed by atoms with Crippen molar-refractivity contribution in [2.24, 2.45) is 10.7 Å². The zero-order chi connectivity index (χ0) is 15.9. The average molecular weight is 457 g/mol. The highest BCUT2D eigenvalue weighted by Crippen LogP contribution is 2.19. The lowest BCUT2D eigenvalue weighted by Gasteiger charge is -2.22. The molecule has 1 aliphatic heterocycles. The van der Waals surface area contributed by atoms with Crippen molar-refractivity contribution in [2.45, 2.75) is 18.9 Å². The molecule has 0 bridgehead atoms. The van der Waals surface area contributed by atoms with E-state index in [0.717, 1.165) is 26.1 Å². The molecule has 1 fully saturated rings. The van der Waals surface area contributed by atoms with Crippen LogP contribution >= 0.6 is 35.6 Å². The van der Waals surface area contributed by atoms with Gasteiger partial charge >= 0.3 is 0 Å². The summed E-state index contributed by atoms with van der Waals surface area (Å²) in [7, 11) is 1.71. The van der Waals surface area contributed by atoms with Gasteiger partial charge in [-0.2, -0.15) is 0 Å². The van der Waals surface area contributed by atoms with Crippen LogP contribution in [0.4, 0.5) is 10.1 Å². The van der Waals surface area contributed by atoms with Gasteiger partial charge < -0.3 is 15.8 Å². The minimum Gasteiger partial charge on any atom is -0.383 e. The van der Waals surface area contributed by atoms with Gasteiger partial charge in [-0.3, -0.25) is 9.89 Å². The maximum Gasteiger partial charge on any atom is 0.193 e. The van der Waals surface area contributed by atoms with Gasteiger partial charge in [-0.15, -0.1) is 24.0 Å². The highest BCUT2D eigenvalue weighted by Gasteiger charge is 2.23. The summed E-state index contributed by atoms with van der Waals surface area (Å²) in [5, 5.41) is 2.98. The van der Waals surface area contributed by atoms with Gasteiger partial charge in [0.2, 0.25) is 0 Å². The van der Waals surface area contributed by atoms with Gasteiger partial charge in [-0.25, -0.2) is 4.39 Å². The number of guanidine groups is 1. The predicted molar refractivity (Wildman–Crippen MR) is 103 cm³/mol. The molecule has 8 heteroatoms. The molecule has 1 aliphatic rings. The SMILES string of the molecule is COCCN1CCCC1CN=C(N)Nc1ccc(F)c(Cl)c1.I. The van der Waals surface area contributed by atoms with Crippen LogP contribution in [0.25, 0.3) is 0 Å². The van der Waals surface area contributed by atoms with Crippen molar-refractivity contribution in [3.8, 4) is 0 Å². The van der Waals surface area contributed by atoms with Crippen LogP contribution in [0.3, 0.4) is 0 Å². The fourth-order valence-corrected chi connectivity index (χ4v) is 2.75. The summed E-state index contributed by atoms with van der Waals surface area (Å²) in [6, 6.07) is 4.75. The number of rotatable bonds is 6. The van der Waals surface area contributed by atoms with Gasteiger partial charge in [0.1, 0.15) is 5.82 Å². The number of benzene rings is 1. The van der Waals surface area contributed by atoms with E-state index >= 15 is 0 Å². The minimum atomic E-state index is -0.456. The average Bonchev–Trinajstić information content (AvgIpc) is 2.94. The standard InChI is InChI=1S/C15H22ClFN4O.HI/c1-22-8-7-21-6-2-3-12(21)10-19-15(18)20-11-4-5-14(17)13(16)9-11;/h4-5,9,12H,2-3,6-8,10H2,1H3,(H3,18,19,20);1H. The molecule has 0 spiro atoms. The first-order valence-electron chi connectivity index (χ1n) is 7.35. The molecule has 1 saturated heterocycles. The largest absolute Gasteiger partial charge is 0.383 e. The first-order chi connectivity index (χ1) is 10.6. The van der Waals surface area contributed by atoms with Crippen LogP contribution in [0.5, 0.6) is 0 Å². The van der Waals surface area contributed by atoms with E-state index in [0.29, 0.717) is 24.2 Å². The number of hydrogen-bond donors (Lipinski definition) is 2. The van der Waals surface area contributed by atoms with E-state index in [-0.39, 0.29) is 29.0 Å². The van der Waals surface area contributed by atoms with Crippen molar-refractivity contribution < 1.29 is 9.13 Å². The van der Waals surface area contributed by atoms with Crippen LogP contribution in [-0.2, 0) is 4.74 Å². The normalized spacial score (nSPS) is 18.7. The molecule has 0 radical (unpaired) electrons. The van der Waals surface area contributed by atoms with E-state index in [1.165, 1.54) is 18.6 Å². The summed E-state index contributed by atoms with van der Waals surface area (Å²) in [5.74, 6) is -0.149. The number of nitrogens with one attached hydrogen (secondary N) is 1. The molecule has 5 nitrogen and oxygen atoms in total. The maximum atomic E-state index is 13.1. The highest BCUT2D eigenvalue weighted by atomic mass is 127. The van der Waals surface area contributed by atoms with E-state index in [4.69, 9.17) is 22.1 Å². The van der Waals surface area contributed by atoms with Gasteiger partial charge in [0.15, 0.2) is 5.96 Å². The van der Waals surface area contributed by atoms with Crippen LogP contribution in [0.2, 0.25) is 5.02 Å². The Labute approximate surface area is 158 Å². The Bertz CT molecular complexity index is 532. The quantitative estimate of drug-likeness (QED) is 0.392. The number of nitrogens with two attached hydrogens (primary N) is 1. The van der Waals surface area contributed by atoms with Crippen molar-refractivity contribution in [1.82, 2.24) is 4.90 Å². The third kappa shape index (κ3) is 6.40. The van der Waals surface area contributed by atoms with Crippen LogP contribution in [0.15, 0.2) is 23.2 Å². The molecule has 1 aromatic rings. The number of likely N-dealkylation sites (tertiary alicyclic amines) is 1. The third-order valence-electron chi connectivity index (χ3n) is 3.75. The number of nitrogens with zero attached hydrogens (tertiary/aromatic N) is 2. The van der Waals surface area contributed by atoms with Gasteiger partial charge in [0.25, 0.3) is 0 Å². The molecule has 130 valence electrons. The van der Waals surface area contributed by atoms with E-state index < -0.39 is 5.82 Å². The second kappa shape index (κ2) is 10.3. The summed E-state index contributed by atoms with van der Waals surface area (Å²) in [4.78, 5) is 6.75. The molecule has 0 aromatic heterocycles. The molecule has 23 heavy (non-hydrogen) atoms. The second-order valence-electron chi connectivity index (χ2n) is 5.30. The Balaban J connectivity index is 0.00000264. The number of hydrogen-bond acceptors (Lipinski definition) is 3. The van der Waals surface area contributed by atoms with E-state index in [1.807, 2.05) is 0 Å². The van der Waals surface area contributed by atoms with Crippen molar-refractivity contribution in [3.05, 3.63) is 29.0 Å². The predicted octanol–water partition coefficient (Wildman–Crippen LogP) is 2.93. The molecule has 1 aromatic carbocycles. The van der Waals surface area contributed by atoms with Gasteiger partial charge in [-0.1, -0.05) is 11.6 Å². The number of halogens is 3. The topological polar surface area (TPSA) is 62.9 Å². The molecule has 0 amide bonds. The molecule has 1 heterocycles. The van der Waals surface area contributed by atoms with Crippen molar-refractivity contribution in [2.75, 3.05) is 38.7 Å². The molecule has 1 atom stereocenters. The summed E-state index contributed by atoms with van der Waals surface area (Å²) in [6.45, 7) is 3.35. The zero-order valence-electron chi connectivity index (χ0n) is 13.1. The summed E-state index contributed by atoms with van der Waals surface area (Å²) < 4.78 is 18.2. The number of anilines is 1. The van der Waals surface area contributed by atoms with E-state index in [9.17, 15) is 4.39 Å². The summed E-state index contributed by atoms with van der Waals surface area (Å²) in [6.07, 6.45) is 2.29. The van der Waals surface area contributed by atoms with Crippen LogP contribution < -0.4 is 11.1 Å². The number of ether oxygens (including phenoxy) is 1. The molecular weight excluding hydrogens is 434 g/mol. The second-order valence-corrected chi connectivity index (χ2v) is 5.71. The Morgan fingerprint density at radius 3 is 3.04 bits per heavy atom. The lowest BCUT2D eigenvalue weighted by Crippen LogP contribution is -2.35. The van der Waals surface area contributed by atoms with Crippen LogP contribution in [0.1, 0.15) is 12.8 Å². The van der Waals surface area contributed by atoms with Crippen molar-refractivity contribution >= 4 is 47.2 Å². The first-order valence-corrected chi connectivity index (χ1v) is 7.73. The third-order valence-corrected chi connectivity index (χ3v) is 4.04. The Morgan fingerprint density at radius 2 is 2.35 bits per heavy atom. The smallest absolute Gasteiger partial charge is 0.193 e. The summed E-state index contributed by atoms with van der Waals surface area (Å²) in [5.41, 5.74) is 6.50. The molecule has 0 aliphatic carbocycles. The molecule has 3 N–H and O–H groups in total. The van der Waals surface area contributed by atoms with E-state index in [2.05, 4.69) is 15.2 Å². The Kier molecular flexibility index (Phi) is 9.11. The van der Waals surface area contributed by atoms with Crippen molar-refractivity contribution in [1.29, 1.82) is 0 Å². The molecule has 1 unspecified atom stereocenters. The van der Waals surface area contributed by atoms with Gasteiger partial charge in [0, 0.05) is 25.4 Å². The number of aliphatic imine (C=N–C) groups is 1. The van der Waals surface area contributed by atoms with Crippen LogP contribution in [-0.4, -0.2) is 50.3 Å². The molecular formula is C15H23ClFIN4O. The molecule has 0 saturated carbocycles. The monoisotopic (exact) mass is 456 g/mol. The van der Waals surface area contributed by atoms with Gasteiger partial charge in [0.05, 0.1) is 18.2 Å². The lowest BCUT2D eigenvalue weighted by atomic mass is 10.2. The number of methoxy groups -OCH3 is 1. The first kappa shape index (κ1) is 20.4. The lowest BCUT2D eigenvalue weighted by molar-refractivity contribution is 0.143. The Morgan fingerprint density at radius 1 is 1.57 bits per heavy atom. The fourth-order valence-electron chi connectivity index (χ4n) is 2.57. The van der Waals surface area contributed by atoms with Gasteiger partial charge in [-0.05, 0) is 37.6 Å². The van der Waals surface area contributed by atoms with Crippen molar-refractivity contribution in [3.63, 3.8) is 0 Å². The minimum absolute atomic E-state index is 0. The zero-order valence-corrected chi connectivity index (χ0v) is 16.2. The summed E-state index contributed by atoms with van der Waals surface area (Å²) >= 11 is 5.73. The fraction of sp³-hybridized carbons (Fsp3) is 0.533. The maximum absolute atomic E-state index is 13.1. The molecule has 2 rings (SSSR count). The van der Waals surface area contributed by atoms with E-state index in [1.54, 1.807) is 13.2 Å². The van der Waals surface area contributed by atoms with Crippen LogP contribution in [0, 0.1) is 5.82 Å². The Hall–Kier alpha value is -0.640. The highest BCUT2D eigenvalue weighted by molar-refractivity contribution is 14.0.